The molecule has 0 radical (unpaired) electrons. The highest BCUT2D eigenvalue weighted by molar-refractivity contribution is 5.86. The van der Waals surface area contributed by atoms with Crippen LogP contribution in [0.15, 0.2) is 11.6 Å². The van der Waals surface area contributed by atoms with Gasteiger partial charge in [0.25, 0.3) is 0 Å². The van der Waals surface area contributed by atoms with E-state index in [1.807, 2.05) is 20.2 Å². The van der Waals surface area contributed by atoms with Gasteiger partial charge in [0, 0.05) is 11.1 Å². The first-order valence-corrected chi connectivity index (χ1v) is 5.43. The molecule has 1 atom stereocenters. The summed E-state index contributed by atoms with van der Waals surface area (Å²) >= 11 is 0. The molecule has 0 bridgehead atoms. The van der Waals surface area contributed by atoms with Crippen LogP contribution in [0.3, 0.4) is 0 Å². The molecule has 0 spiro atoms. The van der Waals surface area contributed by atoms with E-state index in [2.05, 4.69) is 18.7 Å². The molecule has 0 saturated heterocycles. The highest BCUT2D eigenvalue weighted by Gasteiger charge is 2.24. The fraction of sp³-hybridized carbons (Fsp3) is 0.750. The van der Waals surface area contributed by atoms with Gasteiger partial charge in [-0.2, -0.15) is 0 Å². The minimum Gasteiger partial charge on any atom is -0.478 e. The summed E-state index contributed by atoms with van der Waals surface area (Å²) in [5.41, 5.74) is 0.265. The molecule has 0 rings (SSSR count). The summed E-state index contributed by atoms with van der Waals surface area (Å²) in [5, 5.41) is 8.87. The Bertz CT molecular complexity index is 246. The average molecular weight is 213 g/mol. The molecular weight excluding hydrogens is 190 g/mol. The van der Waals surface area contributed by atoms with Crippen LogP contribution in [-0.2, 0) is 4.79 Å². The van der Waals surface area contributed by atoms with Gasteiger partial charge < -0.3 is 10.0 Å². The molecule has 1 N–H and O–H groups in total. The van der Waals surface area contributed by atoms with Crippen LogP contribution in [0, 0.1) is 0 Å². The number of hydrogen-bond donors (Lipinski definition) is 1. The van der Waals surface area contributed by atoms with Gasteiger partial charge in [0.2, 0.25) is 0 Å². The molecular formula is C12H23NO2. The van der Waals surface area contributed by atoms with Crippen molar-refractivity contribution in [1.29, 1.82) is 0 Å². The van der Waals surface area contributed by atoms with Gasteiger partial charge in [-0.25, -0.2) is 4.79 Å². The van der Waals surface area contributed by atoms with Crippen molar-refractivity contribution in [3.63, 3.8) is 0 Å². The average Bonchev–Trinajstić information content (AvgIpc) is 2.14. The van der Waals surface area contributed by atoms with E-state index in [0.29, 0.717) is 5.57 Å². The van der Waals surface area contributed by atoms with Gasteiger partial charge in [-0.15, -0.1) is 0 Å². The maximum absolute atomic E-state index is 10.8. The molecule has 3 nitrogen and oxygen atoms in total. The van der Waals surface area contributed by atoms with E-state index in [1.54, 1.807) is 6.92 Å². The van der Waals surface area contributed by atoms with Crippen LogP contribution in [0.4, 0.5) is 0 Å². The maximum atomic E-state index is 10.8. The van der Waals surface area contributed by atoms with E-state index in [0.717, 1.165) is 19.3 Å². The van der Waals surface area contributed by atoms with Crippen molar-refractivity contribution in [3.05, 3.63) is 11.6 Å². The van der Waals surface area contributed by atoms with Crippen molar-refractivity contribution in [1.82, 2.24) is 4.90 Å². The van der Waals surface area contributed by atoms with E-state index < -0.39 is 5.97 Å². The van der Waals surface area contributed by atoms with Crippen LogP contribution >= 0.6 is 0 Å². The summed E-state index contributed by atoms with van der Waals surface area (Å²) in [7, 11) is 3.97. The second-order valence-electron chi connectivity index (χ2n) is 4.49. The van der Waals surface area contributed by atoms with Gasteiger partial charge >= 0.3 is 5.97 Å². The third-order valence-electron chi connectivity index (χ3n) is 2.92. The zero-order valence-electron chi connectivity index (χ0n) is 10.5. The van der Waals surface area contributed by atoms with Crippen molar-refractivity contribution in [2.75, 3.05) is 14.1 Å². The van der Waals surface area contributed by atoms with E-state index >= 15 is 0 Å². The molecule has 0 aromatic rings. The number of hydrogen-bond acceptors (Lipinski definition) is 2. The van der Waals surface area contributed by atoms with Crippen LogP contribution < -0.4 is 0 Å². The van der Waals surface area contributed by atoms with Crippen molar-refractivity contribution >= 4 is 5.97 Å². The zero-order valence-corrected chi connectivity index (χ0v) is 10.5. The SMILES string of the molecule is CCCCC(C)(C=C(C)C(=O)O)N(C)C. The fourth-order valence-electron chi connectivity index (χ4n) is 1.49. The van der Waals surface area contributed by atoms with E-state index in [9.17, 15) is 4.79 Å². The van der Waals surface area contributed by atoms with Gasteiger partial charge in [0.1, 0.15) is 0 Å². The van der Waals surface area contributed by atoms with Gasteiger partial charge in [-0.05, 0) is 34.4 Å². The van der Waals surface area contributed by atoms with Crippen molar-refractivity contribution < 1.29 is 9.90 Å². The summed E-state index contributed by atoms with van der Waals surface area (Å²) < 4.78 is 0. The highest BCUT2D eigenvalue weighted by atomic mass is 16.4. The van der Waals surface area contributed by atoms with Crippen LogP contribution in [-0.4, -0.2) is 35.6 Å². The maximum Gasteiger partial charge on any atom is 0.331 e. The lowest BCUT2D eigenvalue weighted by Crippen LogP contribution is -2.39. The lowest BCUT2D eigenvalue weighted by molar-refractivity contribution is -0.132. The Morgan fingerprint density at radius 3 is 2.33 bits per heavy atom. The molecule has 3 heteroatoms. The highest BCUT2D eigenvalue weighted by Crippen LogP contribution is 2.22. The summed E-state index contributed by atoms with van der Waals surface area (Å²) in [6, 6.07) is 0. The van der Waals surface area contributed by atoms with E-state index in [-0.39, 0.29) is 5.54 Å². The van der Waals surface area contributed by atoms with Gasteiger partial charge in [0.05, 0.1) is 0 Å². The largest absolute Gasteiger partial charge is 0.478 e. The summed E-state index contributed by atoms with van der Waals surface area (Å²) in [5.74, 6) is -0.834. The molecule has 0 saturated carbocycles. The molecule has 0 aliphatic rings. The van der Waals surface area contributed by atoms with E-state index in [1.165, 1.54) is 0 Å². The van der Waals surface area contributed by atoms with Crippen LogP contribution in [0.25, 0.3) is 0 Å². The molecule has 0 heterocycles. The number of rotatable bonds is 6. The molecule has 1 unspecified atom stereocenters. The number of carboxylic acids is 1. The number of carboxylic acid groups (broad SMARTS) is 1. The normalized spacial score (nSPS) is 16.5. The Balaban J connectivity index is 4.79. The number of unbranched alkanes of at least 4 members (excludes halogenated alkanes) is 1. The third-order valence-corrected chi connectivity index (χ3v) is 2.92. The summed E-state index contributed by atoms with van der Waals surface area (Å²) in [6.45, 7) is 5.87. The van der Waals surface area contributed by atoms with Crippen LogP contribution in [0.5, 0.6) is 0 Å². The monoisotopic (exact) mass is 213 g/mol. The number of likely N-dealkylation sites (N-methyl/N-ethyl adjacent to an activating group) is 1. The Morgan fingerprint density at radius 1 is 1.47 bits per heavy atom. The Labute approximate surface area is 92.8 Å². The van der Waals surface area contributed by atoms with Crippen molar-refractivity contribution in [3.8, 4) is 0 Å². The molecule has 0 aliphatic carbocycles. The van der Waals surface area contributed by atoms with Crippen LogP contribution in [0.1, 0.15) is 40.0 Å². The molecule has 0 aromatic carbocycles. The first-order chi connectivity index (χ1) is 6.83. The molecule has 0 aliphatic heterocycles. The molecule has 0 fully saturated rings. The molecule has 0 aromatic heterocycles. The third kappa shape index (κ3) is 4.47. The lowest BCUT2D eigenvalue weighted by Gasteiger charge is -2.34. The first kappa shape index (κ1) is 14.2. The first-order valence-electron chi connectivity index (χ1n) is 5.43. The zero-order chi connectivity index (χ0) is 12.1. The van der Waals surface area contributed by atoms with Gasteiger partial charge in [0.15, 0.2) is 0 Å². The van der Waals surface area contributed by atoms with Crippen LogP contribution in [0.2, 0.25) is 0 Å². The minimum atomic E-state index is -0.834. The second kappa shape index (κ2) is 5.91. The summed E-state index contributed by atoms with van der Waals surface area (Å²) in [6.07, 6.45) is 5.08. The van der Waals surface area contributed by atoms with Gasteiger partial charge in [-0.1, -0.05) is 25.8 Å². The Morgan fingerprint density at radius 2 is 2.00 bits per heavy atom. The standard InChI is InChI=1S/C12H23NO2/c1-6-7-8-12(3,13(4)5)9-10(2)11(14)15/h9H,6-8H2,1-5H3,(H,14,15). The summed E-state index contributed by atoms with van der Waals surface area (Å²) in [4.78, 5) is 12.9. The topological polar surface area (TPSA) is 40.5 Å². The van der Waals surface area contributed by atoms with Crippen molar-refractivity contribution in [2.24, 2.45) is 0 Å². The number of nitrogens with zero attached hydrogens (tertiary/aromatic N) is 1. The minimum absolute atomic E-state index is 0.154. The fourth-order valence-corrected chi connectivity index (χ4v) is 1.49. The van der Waals surface area contributed by atoms with Gasteiger partial charge in [-0.3, -0.25) is 0 Å². The number of carbonyl (C=O) groups is 1. The predicted molar refractivity (Wildman–Crippen MR) is 63.0 cm³/mol. The number of aliphatic carboxylic acids is 1. The van der Waals surface area contributed by atoms with Crippen molar-refractivity contribution in [2.45, 2.75) is 45.6 Å². The second-order valence-corrected chi connectivity index (χ2v) is 4.49. The lowest BCUT2D eigenvalue weighted by atomic mass is 9.91. The molecule has 0 amide bonds. The molecule has 15 heavy (non-hydrogen) atoms. The Hall–Kier alpha value is -0.830. The quantitative estimate of drug-likeness (QED) is 0.689. The van der Waals surface area contributed by atoms with E-state index in [4.69, 9.17) is 5.11 Å². The smallest absolute Gasteiger partial charge is 0.331 e. The molecule has 88 valence electrons. The Kier molecular flexibility index (Phi) is 5.58. The predicted octanol–water partition coefficient (Wildman–Crippen LogP) is 2.53.